The molecule has 110 valence electrons. The Hall–Kier alpha value is -2.53. The Morgan fingerprint density at radius 3 is 3.00 bits per heavy atom. The molecule has 1 saturated heterocycles. The lowest BCUT2D eigenvalue weighted by Crippen LogP contribution is -2.27. The summed E-state index contributed by atoms with van der Waals surface area (Å²) in [6.07, 6.45) is 0.364. The smallest absolute Gasteiger partial charge is 0.251 e. The van der Waals surface area contributed by atoms with E-state index in [1.54, 1.807) is 24.1 Å². The second kappa shape index (κ2) is 6.28. The standard InChI is InChI=1S/C14H17N5O2/c1-9-11(14(21)16-2)4-3-5-12(9)19-8-10(6-13(19)20)7-17-18-15/h3-5,10H,6-8H2,1-2H3,(H,16,21). The van der Waals surface area contributed by atoms with Gasteiger partial charge in [-0.15, -0.1) is 0 Å². The molecular weight excluding hydrogens is 270 g/mol. The second-order valence-corrected chi connectivity index (χ2v) is 5.02. The number of azide groups is 1. The number of anilines is 1. The van der Waals surface area contributed by atoms with Crippen molar-refractivity contribution < 1.29 is 9.59 Å². The van der Waals surface area contributed by atoms with Crippen LogP contribution >= 0.6 is 0 Å². The minimum Gasteiger partial charge on any atom is -0.355 e. The summed E-state index contributed by atoms with van der Waals surface area (Å²) in [6, 6.07) is 5.33. The number of carbonyl (C=O) groups excluding carboxylic acids is 2. The normalized spacial score (nSPS) is 17.5. The van der Waals surface area contributed by atoms with Crippen molar-refractivity contribution in [1.29, 1.82) is 0 Å². The van der Waals surface area contributed by atoms with Crippen molar-refractivity contribution in [3.63, 3.8) is 0 Å². The highest BCUT2D eigenvalue weighted by molar-refractivity contribution is 6.01. The lowest BCUT2D eigenvalue weighted by Gasteiger charge is -2.20. The molecule has 7 heteroatoms. The lowest BCUT2D eigenvalue weighted by molar-refractivity contribution is -0.117. The molecule has 1 heterocycles. The van der Waals surface area contributed by atoms with E-state index in [0.29, 0.717) is 25.1 Å². The second-order valence-electron chi connectivity index (χ2n) is 5.02. The van der Waals surface area contributed by atoms with Gasteiger partial charge >= 0.3 is 0 Å². The summed E-state index contributed by atoms with van der Waals surface area (Å²) in [5.41, 5.74) is 10.4. The van der Waals surface area contributed by atoms with E-state index in [4.69, 9.17) is 5.53 Å². The Balaban J connectivity index is 2.28. The maximum Gasteiger partial charge on any atom is 0.251 e. The Bertz CT molecular complexity index is 622. The highest BCUT2D eigenvalue weighted by Gasteiger charge is 2.31. The van der Waals surface area contributed by atoms with Crippen molar-refractivity contribution in [3.8, 4) is 0 Å². The van der Waals surface area contributed by atoms with Crippen LogP contribution in [0.15, 0.2) is 23.3 Å². The molecular formula is C14H17N5O2. The van der Waals surface area contributed by atoms with Gasteiger partial charge in [-0.05, 0) is 36.1 Å². The van der Waals surface area contributed by atoms with Crippen LogP contribution < -0.4 is 10.2 Å². The topological polar surface area (TPSA) is 98.2 Å². The van der Waals surface area contributed by atoms with Crippen molar-refractivity contribution in [2.24, 2.45) is 11.0 Å². The highest BCUT2D eigenvalue weighted by atomic mass is 16.2. The molecule has 1 aliphatic heterocycles. The number of benzene rings is 1. The first-order chi connectivity index (χ1) is 10.1. The summed E-state index contributed by atoms with van der Waals surface area (Å²) in [6.45, 7) is 2.65. The van der Waals surface area contributed by atoms with Crippen LogP contribution in [0.25, 0.3) is 10.4 Å². The van der Waals surface area contributed by atoms with Gasteiger partial charge in [0.1, 0.15) is 0 Å². The fourth-order valence-electron chi connectivity index (χ4n) is 2.59. The van der Waals surface area contributed by atoms with Crippen molar-refractivity contribution in [1.82, 2.24) is 5.32 Å². The molecule has 0 spiro atoms. The molecule has 1 aromatic carbocycles. The van der Waals surface area contributed by atoms with E-state index in [9.17, 15) is 9.59 Å². The summed E-state index contributed by atoms with van der Waals surface area (Å²) in [7, 11) is 1.57. The number of rotatable bonds is 4. The minimum absolute atomic E-state index is 0.00898. The molecule has 0 aromatic heterocycles. The van der Waals surface area contributed by atoms with Crippen LogP contribution in [-0.2, 0) is 4.79 Å². The molecule has 0 saturated carbocycles. The largest absolute Gasteiger partial charge is 0.355 e. The molecule has 0 bridgehead atoms. The first-order valence-corrected chi connectivity index (χ1v) is 6.71. The van der Waals surface area contributed by atoms with E-state index >= 15 is 0 Å². The van der Waals surface area contributed by atoms with E-state index in [2.05, 4.69) is 15.3 Å². The predicted octanol–water partition coefficient (Wildman–Crippen LogP) is 2.02. The maximum atomic E-state index is 12.1. The van der Waals surface area contributed by atoms with Gasteiger partial charge in [0.2, 0.25) is 5.91 Å². The average Bonchev–Trinajstić information content (AvgIpc) is 2.85. The van der Waals surface area contributed by atoms with Gasteiger partial charge in [0.05, 0.1) is 0 Å². The molecule has 1 aromatic rings. The first-order valence-electron chi connectivity index (χ1n) is 6.71. The van der Waals surface area contributed by atoms with Gasteiger partial charge in [-0.1, -0.05) is 11.2 Å². The Morgan fingerprint density at radius 2 is 2.33 bits per heavy atom. The van der Waals surface area contributed by atoms with Crippen LogP contribution in [0.4, 0.5) is 5.69 Å². The predicted molar refractivity (Wildman–Crippen MR) is 79.0 cm³/mol. The fraction of sp³-hybridized carbons (Fsp3) is 0.429. The molecule has 1 atom stereocenters. The maximum absolute atomic E-state index is 12.1. The quantitative estimate of drug-likeness (QED) is 0.520. The molecule has 2 amide bonds. The van der Waals surface area contributed by atoms with E-state index in [0.717, 1.165) is 11.3 Å². The molecule has 2 rings (SSSR count). The SMILES string of the molecule is CNC(=O)c1cccc(N2CC(CN=[N+]=[N-])CC2=O)c1C. The summed E-state index contributed by atoms with van der Waals surface area (Å²) >= 11 is 0. The number of hydrogen-bond acceptors (Lipinski definition) is 3. The highest BCUT2D eigenvalue weighted by Crippen LogP contribution is 2.29. The molecule has 1 N–H and O–H groups in total. The number of hydrogen-bond donors (Lipinski definition) is 1. The summed E-state index contributed by atoms with van der Waals surface area (Å²) < 4.78 is 0. The zero-order chi connectivity index (χ0) is 15.4. The molecule has 1 aliphatic rings. The van der Waals surface area contributed by atoms with Crippen molar-refractivity contribution in [3.05, 3.63) is 39.8 Å². The van der Waals surface area contributed by atoms with Crippen LogP contribution in [0, 0.1) is 12.8 Å². The number of nitrogens with zero attached hydrogens (tertiary/aromatic N) is 4. The molecule has 1 fully saturated rings. The van der Waals surface area contributed by atoms with Gasteiger partial charge < -0.3 is 10.2 Å². The number of nitrogens with one attached hydrogen (secondary N) is 1. The Morgan fingerprint density at radius 1 is 1.57 bits per heavy atom. The zero-order valence-corrected chi connectivity index (χ0v) is 12.0. The molecule has 1 unspecified atom stereocenters. The van der Waals surface area contributed by atoms with Gasteiger partial charge in [-0.3, -0.25) is 9.59 Å². The van der Waals surface area contributed by atoms with Crippen molar-refractivity contribution in [2.45, 2.75) is 13.3 Å². The molecule has 7 nitrogen and oxygen atoms in total. The van der Waals surface area contributed by atoms with Gasteiger partial charge in [0, 0.05) is 42.7 Å². The van der Waals surface area contributed by atoms with E-state index < -0.39 is 0 Å². The number of amides is 2. The third-order valence-corrected chi connectivity index (χ3v) is 3.68. The third kappa shape index (κ3) is 2.98. The monoisotopic (exact) mass is 287 g/mol. The number of carbonyl (C=O) groups is 2. The fourth-order valence-corrected chi connectivity index (χ4v) is 2.59. The Kier molecular flexibility index (Phi) is 4.45. The molecule has 0 aliphatic carbocycles. The van der Waals surface area contributed by atoms with Crippen molar-refractivity contribution in [2.75, 3.05) is 25.0 Å². The van der Waals surface area contributed by atoms with Gasteiger partial charge in [0.15, 0.2) is 0 Å². The van der Waals surface area contributed by atoms with E-state index in [1.165, 1.54) is 0 Å². The average molecular weight is 287 g/mol. The van der Waals surface area contributed by atoms with Crippen LogP contribution in [-0.4, -0.2) is 32.0 Å². The van der Waals surface area contributed by atoms with Crippen LogP contribution in [0.3, 0.4) is 0 Å². The van der Waals surface area contributed by atoms with E-state index in [-0.39, 0.29) is 17.7 Å². The molecule has 0 radical (unpaired) electrons. The first kappa shape index (κ1) is 14.9. The van der Waals surface area contributed by atoms with Crippen LogP contribution in [0.5, 0.6) is 0 Å². The van der Waals surface area contributed by atoms with Gasteiger partial charge in [-0.25, -0.2) is 0 Å². The molecule has 21 heavy (non-hydrogen) atoms. The summed E-state index contributed by atoms with van der Waals surface area (Å²) in [5.74, 6) is -0.159. The summed E-state index contributed by atoms with van der Waals surface area (Å²) in [4.78, 5) is 28.4. The van der Waals surface area contributed by atoms with Gasteiger partial charge in [-0.2, -0.15) is 0 Å². The van der Waals surface area contributed by atoms with E-state index in [1.807, 2.05) is 13.0 Å². The van der Waals surface area contributed by atoms with Crippen LogP contribution in [0.2, 0.25) is 0 Å². The third-order valence-electron chi connectivity index (χ3n) is 3.68. The van der Waals surface area contributed by atoms with Crippen molar-refractivity contribution >= 4 is 17.5 Å². The zero-order valence-electron chi connectivity index (χ0n) is 12.0. The minimum atomic E-state index is -0.174. The summed E-state index contributed by atoms with van der Waals surface area (Å²) in [5, 5.41) is 6.13. The van der Waals surface area contributed by atoms with Crippen LogP contribution in [0.1, 0.15) is 22.3 Å². The van der Waals surface area contributed by atoms with Gasteiger partial charge in [0.25, 0.3) is 5.91 Å². The Labute approximate surface area is 122 Å². The lowest BCUT2D eigenvalue weighted by atomic mass is 10.1.